The summed E-state index contributed by atoms with van der Waals surface area (Å²) in [6.07, 6.45) is 1.72. The van der Waals surface area contributed by atoms with Gasteiger partial charge in [0.2, 0.25) is 5.91 Å². The molecule has 5 heteroatoms. The summed E-state index contributed by atoms with van der Waals surface area (Å²) in [4.78, 5) is 24.0. The minimum absolute atomic E-state index is 0.0315. The Morgan fingerprint density at radius 2 is 2.04 bits per heavy atom. The van der Waals surface area contributed by atoms with Crippen molar-refractivity contribution in [3.05, 3.63) is 29.8 Å². The highest BCUT2D eigenvalue weighted by atomic mass is 16.5. The van der Waals surface area contributed by atoms with Crippen LogP contribution in [-0.4, -0.2) is 29.6 Å². The first-order valence-electron chi connectivity index (χ1n) is 8.03. The van der Waals surface area contributed by atoms with Gasteiger partial charge >= 0.3 is 5.97 Å². The second kappa shape index (κ2) is 7.02. The standard InChI is InChI=1S/C18H25NO4/c1-18(2,3)10-8-14(17(21)22)19-16(20)13-9-11-23-15-7-5-4-6-12(13)15/h4-7,13-14H,8-11H2,1-3H3,(H,19,20)(H,21,22). The number of aliphatic carboxylic acids is 1. The van der Waals surface area contributed by atoms with E-state index in [1.54, 1.807) is 0 Å². The predicted molar refractivity (Wildman–Crippen MR) is 87.6 cm³/mol. The van der Waals surface area contributed by atoms with E-state index < -0.39 is 12.0 Å². The highest BCUT2D eigenvalue weighted by Crippen LogP contribution is 2.33. The molecule has 0 radical (unpaired) electrons. The zero-order valence-electron chi connectivity index (χ0n) is 14.0. The maximum atomic E-state index is 12.6. The topological polar surface area (TPSA) is 75.6 Å². The summed E-state index contributed by atoms with van der Waals surface area (Å²) in [6.45, 7) is 6.64. The Morgan fingerprint density at radius 3 is 2.70 bits per heavy atom. The molecule has 0 saturated carbocycles. The highest BCUT2D eigenvalue weighted by Gasteiger charge is 2.31. The van der Waals surface area contributed by atoms with Crippen molar-refractivity contribution >= 4 is 11.9 Å². The quantitative estimate of drug-likeness (QED) is 0.875. The SMILES string of the molecule is CC(C)(C)CCC(NC(=O)C1CCOc2ccccc21)C(=O)O. The van der Waals surface area contributed by atoms with Crippen LogP contribution in [0.2, 0.25) is 0 Å². The Kier molecular flexibility index (Phi) is 5.29. The first kappa shape index (κ1) is 17.3. The molecule has 1 aliphatic heterocycles. The van der Waals surface area contributed by atoms with Gasteiger partial charge in [0, 0.05) is 5.56 Å². The molecule has 1 aromatic carbocycles. The van der Waals surface area contributed by atoms with Crippen molar-refractivity contribution in [1.82, 2.24) is 5.32 Å². The van der Waals surface area contributed by atoms with E-state index in [9.17, 15) is 14.7 Å². The summed E-state index contributed by atoms with van der Waals surface area (Å²) in [6, 6.07) is 6.58. The lowest BCUT2D eigenvalue weighted by Crippen LogP contribution is -2.44. The maximum absolute atomic E-state index is 12.6. The molecule has 1 amide bonds. The molecule has 23 heavy (non-hydrogen) atoms. The molecule has 0 spiro atoms. The molecule has 0 fully saturated rings. The Hall–Kier alpha value is -2.04. The Morgan fingerprint density at radius 1 is 1.35 bits per heavy atom. The van der Waals surface area contributed by atoms with Crippen LogP contribution in [0.1, 0.15) is 51.5 Å². The van der Waals surface area contributed by atoms with Crippen LogP contribution in [0, 0.1) is 5.41 Å². The number of carbonyl (C=O) groups excluding carboxylic acids is 1. The number of hydrogen-bond acceptors (Lipinski definition) is 3. The number of carboxylic acid groups (broad SMARTS) is 1. The summed E-state index contributed by atoms with van der Waals surface area (Å²) >= 11 is 0. The van der Waals surface area contributed by atoms with Crippen molar-refractivity contribution in [3.8, 4) is 5.75 Å². The number of benzene rings is 1. The summed E-state index contributed by atoms with van der Waals surface area (Å²) in [5.74, 6) is -0.859. The zero-order chi connectivity index (χ0) is 17.0. The van der Waals surface area contributed by atoms with Crippen molar-refractivity contribution in [2.75, 3.05) is 6.61 Å². The second-order valence-electron chi connectivity index (χ2n) is 7.23. The van der Waals surface area contributed by atoms with Crippen molar-refractivity contribution in [3.63, 3.8) is 0 Å². The molecule has 2 atom stereocenters. The van der Waals surface area contributed by atoms with Crippen LogP contribution < -0.4 is 10.1 Å². The molecule has 0 aliphatic carbocycles. The lowest BCUT2D eigenvalue weighted by Gasteiger charge is -2.27. The number of para-hydroxylation sites is 1. The summed E-state index contributed by atoms with van der Waals surface area (Å²) in [5.41, 5.74) is 0.861. The lowest BCUT2D eigenvalue weighted by molar-refractivity contribution is -0.142. The minimum Gasteiger partial charge on any atom is -0.493 e. The van der Waals surface area contributed by atoms with E-state index in [0.29, 0.717) is 25.2 Å². The minimum atomic E-state index is -0.983. The first-order valence-corrected chi connectivity index (χ1v) is 8.03. The van der Waals surface area contributed by atoms with Crippen LogP contribution in [0.4, 0.5) is 0 Å². The van der Waals surface area contributed by atoms with Gasteiger partial charge in [-0.2, -0.15) is 0 Å². The van der Waals surface area contributed by atoms with Gasteiger partial charge in [-0.05, 0) is 30.7 Å². The first-order chi connectivity index (χ1) is 10.8. The van der Waals surface area contributed by atoms with E-state index in [0.717, 1.165) is 12.0 Å². The summed E-state index contributed by atoms with van der Waals surface area (Å²) in [5, 5.41) is 12.1. The van der Waals surface area contributed by atoms with E-state index in [-0.39, 0.29) is 17.2 Å². The number of carbonyl (C=O) groups is 2. The van der Waals surface area contributed by atoms with Gasteiger partial charge in [0.05, 0.1) is 12.5 Å². The summed E-state index contributed by atoms with van der Waals surface area (Å²) in [7, 11) is 0. The fraction of sp³-hybridized carbons (Fsp3) is 0.556. The third kappa shape index (κ3) is 4.71. The van der Waals surface area contributed by atoms with Gasteiger partial charge < -0.3 is 15.2 Å². The molecule has 0 bridgehead atoms. The Balaban J connectivity index is 2.06. The molecular weight excluding hydrogens is 294 g/mol. The van der Waals surface area contributed by atoms with Gasteiger partial charge in [-0.15, -0.1) is 0 Å². The Bertz CT molecular complexity index is 577. The van der Waals surface area contributed by atoms with Crippen LogP contribution in [0.5, 0.6) is 5.75 Å². The Labute approximate surface area is 137 Å². The van der Waals surface area contributed by atoms with Gasteiger partial charge in [0.15, 0.2) is 0 Å². The second-order valence-corrected chi connectivity index (χ2v) is 7.23. The van der Waals surface area contributed by atoms with Crippen LogP contribution in [0.25, 0.3) is 0 Å². The van der Waals surface area contributed by atoms with E-state index in [1.165, 1.54) is 0 Å². The molecule has 0 aromatic heterocycles. The third-order valence-electron chi connectivity index (χ3n) is 4.07. The third-order valence-corrected chi connectivity index (χ3v) is 4.07. The largest absolute Gasteiger partial charge is 0.493 e. The molecule has 126 valence electrons. The maximum Gasteiger partial charge on any atom is 0.326 e. The van der Waals surface area contributed by atoms with Crippen LogP contribution in [0.15, 0.2) is 24.3 Å². The van der Waals surface area contributed by atoms with Gasteiger partial charge in [-0.3, -0.25) is 4.79 Å². The van der Waals surface area contributed by atoms with Crippen LogP contribution in [-0.2, 0) is 9.59 Å². The van der Waals surface area contributed by atoms with Crippen molar-refractivity contribution in [2.45, 2.75) is 52.0 Å². The molecule has 2 rings (SSSR count). The molecule has 1 aliphatic rings. The van der Waals surface area contributed by atoms with E-state index >= 15 is 0 Å². The number of fused-ring (bicyclic) bond motifs is 1. The number of hydrogen-bond donors (Lipinski definition) is 2. The highest BCUT2D eigenvalue weighted by molar-refractivity contribution is 5.88. The smallest absolute Gasteiger partial charge is 0.326 e. The summed E-state index contributed by atoms with van der Waals surface area (Å²) < 4.78 is 5.55. The number of rotatable bonds is 5. The predicted octanol–water partition coefficient (Wildman–Crippen LogP) is 2.95. The fourth-order valence-electron chi connectivity index (χ4n) is 2.72. The van der Waals surface area contributed by atoms with Gasteiger partial charge in [0.25, 0.3) is 0 Å². The van der Waals surface area contributed by atoms with Gasteiger partial charge in [-0.25, -0.2) is 4.79 Å². The number of carboxylic acids is 1. The zero-order valence-corrected chi connectivity index (χ0v) is 14.0. The fourth-order valence-corrected chi connectivity index (χ4v) is 2.72. The molecule has 2 N–H and O–H groups in total. The van der Waals surface area contributed by atoms with Gasteiger partial charge in [0.1, 0.15) is 11.8 Å². The van der Waals surface area contributed by atoms with Crippen LogP contribution in [0.3, 0.4) is 0 Å². The number of ether oxygens (including phenoxy) is 1. The van der Waals surface area contributed by atoms with Crippen LogP contribution >= 0.6 is 0 Å². The molecule has 1 heterocycles. The van der Waals surface area contributed by atoms with E-state index in [1.807, 2.05) is 24.3 Å². The number of amides is 1. The monoisotopic (exact) mass is 319 g/mol. The van der Waals surface area contributed by atoms with Crippen molar-refractivity contribution < 1.29 is 19.4 Å². The van der Waals surface area contributed by atoms with Crippen molar-refractivity contribution in [2.24, 2.45) is 5.41 Å². The molecule has 5 nitrogen and oxygen atoms in total. The number of nitrogens with one attached hydrogen (secondary N) is 1. The lowest BCUT2D eigenvalue weighted by atomic mass is 9.88. The van der Waals surface area contributed by atoms with E-state index in [4.69, 9.17) is 4.74 Å². The molecular formula is C18H25NO4. The average molecular weight is 319 g/mol. The van der Waals surface area contributed by atoms with Crippen molar-refractivity contribution in [1.29, 1.82) is 0 Å². The average Bonchev–Trinajstić information content (AvgIpc) is 2.49. The molecule has 2 unspecified atom stereocenters. The molecule has 1 aromatic rings. The molecule has 0 saturated heterocycles. The van der Waals surface area contributed by atoms with Gasteiger partial charge in [-0.1, -0.05) is 39.0 Å². The normalized spacial score (nSPS) is 18.5. The van der Waals surface area contributed by atoms with E-state index in [2.05, 4.69) is 26.1 Å².